The Labute approximate surface area is 108 Å². The van der Waals surface area contributed by atoms with Crippen molar-refractivity contribution in [1.82, 2.24) is 0 Å². The second kappa shape index (κ2) is 5.64. The number of fused-ring (bicyclic) bond motifs is 1. The number of hydrogen-bond donors (Lipinski definition) is 0. The Bertz CT molecular complexity index is 573. The molecule has 5 heteroatoms. The third kappa shape index (κ3) is 2.87. The molecule has 0 atom stereocenters. The van der Waals surface area contributed by atoms with Crippen LogP contribution in [0, 0.1) is 0 Å². The summed E-state index contributed by atoms with van der Waals surface area (Å²) in [6, 6.07) is 7.68. The topological polar surface area (TPSA) is 52.6 Å². The number of esters is 2. The number of thiophene rings is 1. The van der Waals surface area contributed by atoms with Crippen LogP contribution >= 0.6 is 11.3 Å². The lowest BCUT2D eigenvalue weighted by atomic mass is 10.2. The first-order valence-corrected chi connectivity index (χ1v) is 6.32. The van der Waals surface area contributed by atoms with Crippen molar-refractivity contribution in [2.75, 3.05) is 7.11 Å². The molecular weight excluding hydrogens is 252 g/mol. The zero-order valence-electron chi connectivity index (χ0n) is 9.84. The fourth-order valence-electron chi connectivity index (χ4n) is 1.51. The van der Waals surface area contributed by atoms with Gasteiger partial charge in [0.2, 0.25) is 0 Å². The molecule has 0 fully saturated rings. The molecule has 0 radical (unpaired) electrons. The molecule has 1 aromatic heterocycles. The first kappa shape index (κ1) is 12.6. The van der Waals surface area contributed by atoms with E-state index < -0.39 is 11.9 Å². The number of carbonyl (C=O) groups is 2. The number of methoxy groups -OCH3 is 1. The van der Waals surface area contributed by atoms with Gasteiger partial charge >= 0.3 is 11.9 Å². The largest absolute Gasteiger partial charge is 0.469 e. The van der Waals surface area contributed by atoms with E-state index in [9.17, 15) is 9.59 Å². The van der Waals surface area contributed by atoms with Gasteiger partial charge < -0.3 is 9.47 Å². The summed E-state index contributed by atoms with van der Waals surface area (Å²) in [7, 11) is 1.29. The molecule has 0 saturated carbocycles. The Hall–Kier alpha value is -1.88. The first-order chi connectivity index (χ1) is 8.70. The summed E-state index contributed by atoms with van der Waals surface area (Å²) < 4.78 is 10.8. The lowest BCUT2D eigenvalue weighted by Gasteiger charge is -2.02. The second-order valence-electron chi connectivity index (χ2n) is 3.65. The zero-order chi connectivity index (χ0) is 13.0. The smallest absolute Gasteiger partial charge is 0.311 e. The van der Waals surface area contributed by atoms with Crippen LogP contribution in [0.2, 0.25) is 0 Å². The van der Waals surface area contributed by atoms with E-state index in [0.29, 0.717) is 5.75 Å². The average molecular weight is 264 g/mol. The molecule has 18 heavy (non-hydrogen) atoms. The predicted octanol–water partition coefficient (Wildman–Crippen LogP) is 2.76. The molecule has 0 bridgehead atoms. The molecule has 1 aromatic carbocycles. The van der Waals surface area contributed by atoms with E-state index in [1.807, 2.05) is 24.3 Å². The molecule has 4 nitrogen and oxygen atoms in total. The van der Waals surface area contributed by atoms with Crippen molar-refractivity contribution in [3.05, 3.63) is 29.6 Å². The summed E-state index contributed by atoms with van der Waals surface area (Å²) >= 11 is 1.52. The minimum atomic E-state index is -0.427. The van der Waals surface area contributed by atoms with Crippen molar-refractivity contribution >= 4 is 33.4 Å². The highest BCUT2D eigenvalue weighted by molar-refractivity contribution is 7.17. The molecule has 2 aromatic rings. The van der Waals surface area contributed by atoms with Crippen LogP contribution in [0.25, 0.3) is 10.1 Å². The molecule has 0 spiro atoms. The van der Waals surface area contributed by atoms with Crippen LogP contribution in [0.5, 0.6) is 5.75 Å². The SMILES string of the molecule is COC(=O)CCC(=O)Oc1csc2ccccc12. The van der Waals surface area contributed by atoms with Gasteiger partial charge in [-0.25, -0.2) is 0 Å². The summed E-state index contributed by atoms with van der Waals surface area (Å²) in [6.07, 6.45) is 0.0637. The molecule has 1 heterocycles. The third-order valence-electron chi connectivity index (χ3n) is 2.43. The van der Waals surface area contributed by atoms with Gasteiger partial charge in [-0.05, 0) is 12.1 Å². The van der Waals surface area contributed by atoms with Gasteiger partial charge in [0.05, 0.1) is 20.0 Å². The van der Waals surface area contributed by atoms with Crippen molar-refractivity contribution in [2.45, 2.75) is 12.8 Å². The number of hydrogen-bond acceptors (Lipinski definition) is 5. The van der Waals surface area contributed by atoms with Crippen LogP contribution in [0.1, 0.15) is 12.8 Å². The molecule has 0 amide bonds. The number of benzene rings is 1. The van der Waals surface area contributed by atoms with Crippen LogP contribution < -0.4 is 4.74 Å². The monoisotopic (exact) mass is 264 g/mol. The predicted molar refractivity (Wildman–Crippen MR) is 68.7 cm³/mol. The fraction of sp³-hybridized carbons (Fsp3) is 0.231. The standard InChI is InChI=1S/C13H12O4S/c1-16-12(14)6-7-13(15)17-10-8-18-11-5-3-2-4-9(10)11/h2-5,8H,6-7H2,1H3. The lowest BCUT2D eigenvalue weighted by molar-refractivity contribution is -0.144. The van der Waals surface area contributed by atoms with E-state index in [-0.39, 0.29) is 12.8 Å². The molecule has 94 valence electrons. The van der Waals surface area contributed by atoms with Crippen molar-refractivity contribution in [3.63, 3.8) is 0 Å². The van der Waals surface area contributed by atoms with Crippen molar-refractivity contribution in [1.29, 1.82) is 0 Å². The van der Waals surface area contributed by atoms with E-state index in [1.165, 1.54) is 18.4 Å². The maximum absolute atomic E-state index is 11.5. The molecule has 2 rings (SSSR count). The average Bonchev–Trinajstić information content (AvgIpc) is 2.79. The summed E-state index contributed by atoms with van der Waals surface area (Å²) in [5.41, 5.74) is 0. The lowest BCUT2D eigenvalue weighted by Crippen LogP contribution is -2.11. The van der Waals surface area contributed by atoms with Crippen molar-refractivity contribution < 1.29 is 19.1 Å². The summed E-state index contributed by atoms with van der Waals surface area (Å²) in [5.74, 6) is -0.295. The minimum Gasteiger partial charge on any atom is -0.469 e. The van der Waals surface area contributed by atoms with Gasteiger partial charge in [-0.15, -0.1) is 11.3 Å². The molecule has 0 N–H and O–H groups in total. The van der Waals surface area contributed by atoms with E-state index in [0.717, 1.165) is 10.1 Å². The van der Waals surface area contributed by atoms with Crippen LogP contribution in [-0.4, -0.2) is 19.0 Å². The summed E-state index contributed by atoms with van der Waals surface area (Å²) in [6.45, 7) is 0. The van der Waals surface area contributed by atoms with Gasteiger partial charge in [-0.2, -0.15) is 0 Å². The minimum absolute atomic E-state index is 0.0246. The van der Waals surface area contributed by atoms with Gasteiger partial charge in [-0.3, -0.25) is 9.59 Å². The molecule has 0 aliphatic heterocycles. The molecule has 0 aliphatic rings. The van der Waals surface area contributed by atoms with Gasteiger partial charge in [0, 0.05) is 15.5 Å². The van der Waals surface area contributed by atoms with Crippen LogP contribution in [0.3, 0.4) is 0 Å². The van der Waals surface area contributed by atoms with E-state index in [2.05, 4.69) is 4.74 Å². The Morgan fingerprint density at radius 2 is 1.89 bits per heavy atom. The Kier molecular flexibility index (Phi) is 3.94. The van der Waals surface area contributed by atoms with Crippen molar-refractivity contribution in [2.24, 2.45) is 0 Å². The number of rotatable bonds is 4. The Balaban J connectivity index is 2.01. The second-order valence-corrected chi connectivity index (χ2v) is 4.56. The van der Waals surface area contributed by atoms with E-state index in [1.54, 1.807) is 5.38 Å². The van der Waals surface area contributed by atoms with Gasteiger partial charge in [0.15, 0.2) is 0 Å². The van der Waals surface area contributed by atoms with Crippen LogP contribution in [0.15, 0.2) is 29.6 Å². The normalized spacial score (nSPS) is 10.3. The quantitative estimate of drug-likeness (QED) is 0.797. The summed E-state index contributed by atoms with van der Waals surface area (Å²) in [5, 5.41) is 2.70. The number of ether oxygens (including phenoxy) is 2. The van der Waals surface area contributed by atoms with Crippen molar-refractivity contribution in [3.8, 4) is 5.75 Å². The Morgan fingerprint density at radius 1 is 1.17 bits per heavy atom. The maximum atomic E-state index is 11.5. The summed E-state index contributed by atoms with van der Waals surface area (Å²) in [4.78, 5) is 22.5. The van der Waals surface area contributed by atoms with E-state index in [4.69, 9.17) is 4.74 Å². The van der Waals surface area contributed by atoms with Gasteiger partial charge in [0.25, 0.3) is 0 Å². The highest BCUT2D eigenvalue weighted by atomic mass is 32.1. The Morgan fingerprint density at radius 3 is 2.67 bits per heavy atom. The first-order valence-electron chi connectivity index (χ1n) is 5.44. The maximum Gasteiger partial charge on any atom is 0.311 e. The van der Waals surface area contributed by atoms with E-state index >= 15 is 0 Å². The highest BCUT2D eigenvalue weighted by Crippen LogP contribution is 2.32. The fourth-order valence-corrected chi connectivity index (χ4v) is 2.37. The van der Waals surface area contributed by atoms with Gasteiger partial charge in [-0.1, -0.05) is 12.1 Å². The molecular formula is C13H12O4S. The highest BCUT2D eigenvalue weighted by Gasteiger charge is 2.11. The molecule has 0 aliphatic carbocycles. The third-order valence-corrected chi connectivity index (χ3v) is 3.37. The van der Waals surface area contributed by atoms with Crippen LogP contribution in [-0.2, 0) is 14.3 Å². The zero-order valence-corrected chi connectivity index (χ0v) is 10.7. The molecule has 0 unspecified atom stereocenters. The van der Waals surface area contributed by atoms with Gasteiger partial charge in [0.1, 0.15) is 5.75 Å². The number of carbonyl (C=O) groups excluding carboxylic acids is 2. The molecule has 0 saturated heterocycles. The van der Waals surface area contributed by atoms with Crippen LogP contribution in [0.4, 0.5) is 0 Å².